The Balaban J connectivity index is 1.61. The largest absolute Gasteiger partial charge is 0.454 e. The van der Waals surface area contributed by atoms with E-state index in [2.05, 4.69) is 4.72 Å². The molecule has 2 aromatic rings. The first-order chi connectivity index (χ1) is 10.5. The van der Waals surface area contributed by atoms with E-state index < -0.39 is 15.8 Å². The van der Waals surface area contributed by atoms with Gasteiger partial charge in [0.15, 0.2) is 11.5 Å². The van der Waals surface area contributed by atoms with E-state index in [0.717, 1.165) is 17.7 Å². The molecule has 0 saturated heterocycles. The Morgan fingerprint density at radius 2 is 1.77 bits per heavy atom. The molecule has 0 unspecified atom stereocenters. The van der Waals surface area contributed by atoms with Crippen LogP contribution in [-0.4, -0.2) is 21.8 Å². The lowest BCUT2D eigenvalue weighted by Gasteiger charge is -2.07. The van der Waals surface area contributed by atoms with Gasteiger partial charge in [0, 0.05) is 6.54 Å². The molecule has 1 aliphatic rings. The van der Waals surface area contributed by atoms with E-state index in [1.165, 1.54) is 12.1 Å². The average molecular weight is 323 g/mol. The molecule has 2 aromatic carbocycles. The minimum Gasteiger partial charge on any atom is -0.454 e. The minimum atomic E-state index is -3.63. The van der Waals surface area contributed by atoms with E-state index in [1.807, 2.05) is 12.1 Å². The fourth-order valence-electron chi connectivity index (χ4n) is 2.12. The van der Waals surface area contributed by atoms with Crippen molar-refractivity contribution in [3.8, 4) is 11.5 Å². The van der Waals surface area contributed by atoms with Gasteiger partial charge in [0.25, 0.3) is 0 Å². The highest BCUT2D eigenvalue weighted by atomic mass is 32.2. The zero-order valence-electron chi connectivity index (χ0n) is 11.6. The van der Waals surface area contributed by atoms with Gasteiger partial charge in [-0.25, -0.2) is 17.5 Å². The summed E-state index contributed by atoms with van der Waals surface area (Å²) in [5.74, 6) is 0.883. The zero-order valence-corrected chi connectivity index (χ0v) is 12.4. The van der Waals surface area contributed by atoms with Crippen LogP contribution in [0, 0.1) is 5.82 Å². The van der Waals surface area contributed by atoms with Crippen LogP contribution in [0.15, 0.2) is 47.4 Å². The minimum absolute atomic E-state index is 0.0413. The van der Waals surface area contributed by atoms with Crippen LogP contribution >= 0.6 is 0 Å². The molecule has 0 bridgehead atoms. The molecule has 0 saturated carbocycles. The molecular weight excluding hydrogens is 309 g/mol. The third-order valence-electron chi connectivity index (χ3n) is 3.27. The van der Waals surface area contributed by atoms with Crippen LogP contribution in [0.25, 0.3) is 0 Å². The van der Waals surface area contributed by atoms with Crippen molar-refractivity contribution < 1.29 is 22.3 Å². The van der Waals surface area contributed by atoms with Crippen molar-refractivity contribution in [2.24, 2.45) is 0 Å². The summed E-state index contributed by atoms with van der Waals surface area (Å²) in [5.41, 5.74) is 0.936. The van der Waals surface area contributed by atoms with E-state index in [4.69, 9.17) is 9.47 Å². The Hall–Kier alpha value is -2.12. The predicted molar refractivity (Wildman–Crippen MR) is 77.9 cm³/mol. The molecule has 3 rings (SSSR count). The van der Waals surface area contributed by atoms with Gasteiger partial charge in [0.1, 0.15) is 5.82 Å². The number of benzene rings is 2. The van der Waals surface area contributed by atoms with Crippen molar-refractivity contribution in [3.63, 3.8) is 0 Å². The van der Waals surface area contributed by atoms with Crippen LogP contribution in [0.4, 0.5) is 4.39 Å². The molecule has 5 nitrogen and oxygen atoms in total. The normalized spacial score (nSPS) is 13.3. The first kappa shape index (κ1) is 14.8. The number of fused-ring (bicyclic) bond motifs is 1. The number of sulfonamides is 1. The second-order valence-corrected chi connectivity index (χ2v) is 6.56. The third-order valence-corrected chi connectivity index (χ3v) is 4.74. The summed E-state index contributed by atoms with van der Waals surface area (Å²) in [6.07, 6.45) is 0.511. The predicted octanol–water partition coefficient (Wildman–Crippen LogP) is 2.08. The van der Waals surface area contributed by atoms with Crippen LogP contribution in [0.3, 0.4) is 0 Å². The third kappa shape index (κ3) is 3.20. The quantitative estimate of drug-likeness (QED) is 0.915. The first-order valence-electron chi connectivity index (χ1n) is 6.68. The molecule has 1 N–H and O–H groups in total. The van der Waals surface area contributed by atoms with Crippen molar-refractivity contribution in [1.82, 2.24) is 4.72 Å². The summed E-state index contributed by atoms with van der Waals surface area (Å²) in [6, 6.07) is 10.2. The summed E-state index contributed by atoms with van der Waals surface area (Å²) in [5, 5.41) is 0. The van der Waals surface area contributed by atoms with E-state index in [9.17, 15) is 12.8 Å². The lowest BCUT2D eigenvalue weighted by atomic mass is 10.1. The average Bonchev–Trinajstić information content (AvgIpc) is 2.95. The van der Waals surface area contributed by atoms with Gasteiger partial charge in [-0.3, -0.25) is 0 Å². The lowest BCUT2D eigenvalue weighted by Crippen LogP contribution is -2.26. The first-order valence-corrected chi connectivity index (χ1v) is 8.17. The standard InChI is InChI=1S/C15H14FNO4S/c16-12-2-4-13(5-3-12)22(18,19)17-8-7-11-1-6-14-15(9-11)21-10-20-14/h1-6,9,17H,7-8,10H2. The maximum atomic E-state index is 12.8. The van der Waals surface area contributed by atoms with Gasteiger partial charge >= 0.3 is 0 Å². The molecule has 0 radical (unpaired) electrons. The van der Waals surface area contributed by atoms with Crippen LogP contribution < -0.4 is 14.2 Å². The van der Waals surface area contributed by atoms with Gasteiger partial charge in [-0.1, -0.05) is 6.07 Å². The molecule has 7 heteroatoms. The molecule has 0 atom stereocenters. The van der Waals surface area contributed by atoms with Crippen LogP contribution in [0.1, 0.15) is 5.56 Å². The van der Waals surface area contributed by atoms with Gasteiger partial charge in [-0.05, 0) is 48.4 Å². The topological polar surface area (TPSA) is 64.6 Å². The number of hydrogen-bond acceptors (Lipinski definition) is 4. The van der Waals surface area contributed by atoms with Crippen molar-refractivity contribution in [1.29, 1.82) is 0 Å². The number of halogens is 1. The number of nitrogens with one attached hydrogen (secondary N) is 1. The second-order valence-electron chi connectivity index (χ2n) is 4.79. The number of rotatable bonds is 5. The number of hydrogen-bond donors (Lipinski definition) is 1. The molecule has 0 amide bonds. The molecule has 22 heavy (non-hydrogen) atoms. The Kier molecular flexibility index (Phi) is 4.00. The van der Waals surface area contributed by atoms with E-state index in [0.29, 0.717) is 17.9 Å². The lowest BCUT2D eigenvalue weighted by molar-refractivity contribution is 0.174. The van der Waals surface area contributed by atoms with Gasteiger partial charge in [-0.15, -0.1) is 0 Å². The molecule has 1 aliphatic heterocycles. The molecule has 0 aromatic heterocycles. The Morgan fingerprint density at radius 1 is 1.05 bits per heavy atom. The monoisotopic (exact) mass is 323 g/mol. The SMILES string of the molecule is O=S(=O)(NCCc1ccc2c(c1)OCO2)c1ccc(F)cc1. The number of ether oxygens (including phenoxy) is 2. The summed E-state index contributed by atoms with van der Waals surface area (Å²) >= 11 is 0. The second kappa shape index (κ2) is 5.94. The fraction of sp³-hybridized carbons (Fsp3) is 0.200. The molecular formula is C15H14FNO4S. The van der Waals surface area contributed by atoms with Crippen molar-refractivity contribution >= 4 is 10.0 Å². The summed E-state index contributed by atoms with van der Waals surface area (Å²) in [7, 11) is -3.63. The van der Waals surface area contributed by atoms with Gasteiger partial charge < -0.3 is 9.47 Å². The Labute approximate surface area is 127 Å². The summed E-state index contributed by atoms with van der Waals surface area (Å²) in [4.78, 5) is 0.0413. The van der Waals surface area contributed by atoms with Crippen molar-refractivity contribution in [3.05, 3.63) is 53.8 Å². The summed E-state index contributed by atoms with van der Waals surface area (Å²) < 4.78 is 49.9. The Bertz CT molecular complexity index is 775. The molecule has 116 valence electrons. The molecule has 1 heterocycles. The van der Waals surface area contributed by atoms with Gasteiger partial charge in [0.05, 0.1) is 4.90 Å². The van der Waals surface area contributed by atoms with Crippen LogP contribution in [0.5, 0.6) is 11.5 Å². The summed E-state index contributed by atoms with van der Waals surface area (Å²) in [6.45, 7) is 0.440. The van der Waals surface area contributed by atoms with Gasteiger partial charge in [-0.2, -0.15) is 0 Å². The molecule has 0 fully saturated rings. The van der Waals surface area contributed by atoms with Crippen LogP contribution in [-0.2, 0) is 16.4 Å². The maximum Gasteiger partial charge on any atom is 0.240 e. The Morgan fingerprint density at radius 3 is 2.55 bits per heavy atom. The molecule has 0 aliphatic carbocycles. The van der Waals surface area contributed by atoms with E-state index in [1.54, 1.807) is 6.07 Å². The van der Waals surface area contributed by atoms with Crippen molar-refractivity contribution in [2.75, 3.05) is 13.3 Å². The highest BCUT2D eigenvalue weighted by Crippen LogP contribution is 2.32. The van der Waals surface area contributed by atoms with Crippen molar-refractivity contribution in [2.45, 2.75) is 11.3 Å². The van der Waals surface area contributed by atoms with E-state index >= 15 is 0 Å². The maximum absolute atomic E-state index is 12.8. The van der Waals surface area contributed by atoms with Crippen LogP contribution in [0.2, 0.25) is 0 Å². The highest BCUT2D eigenvalue weighted by Gasteiger charge is 2.15. The fourth-order valence-corrected chi connectivity index (χ4v) is 3.16. The highest BCUT2D eigenvalue weighted by molar-refractivity contribution is 7.89. The van der Waals surface area contributed by atoms with Gasteiger partial charge in [0.2, 0.25) is 16.8 Å². The zero-order chi connectivity index (χ0) is 15.6. The smallest absolute Gasteiger partial charge is 0.240 e. The van der Waals surface area contributed by atoms with E-state index in [-0.39, 0.29) is 18.2 Å². The molecule has 0 spiro atoms.